The van der Waals surface area contributed by atoms with Gasteiger partial charge in [0, 0.05) is 18.0 Å². The van der Waals surface area contributed by atoms with Gasteiger partial charge in [-0.2, -0.15) is 0 Å². The van der Waals surface area contributed by atoms with E-state index in [1.165, 1.54) is 25.7 Å². The number of nitrogens with one attached hydrogen (secondary N) is 1. The maximum Gasteiger partial charge on any atom is 0.220 e. The first kappa shape index (κ1) is 12.9. The fraction of sp³-hybridized carbons (Fsp3) is 0.929. The minimum absolute atomic E-state index is 0.0536. The van der Waals surface area contributed by atoms with Crippen LogP contribution in [0, 0.1) is 5.92 Å². The molecule has 3 N–H and O–H groups in total. The number of hydrogen-bond acceptors (Lipinski definition) is 2. The highest BCUT2D eigenvalue weighted by Gasteiger charge is 2.31. The molecule has 0 aromatic rings. The van der Waals surface area contributed by atoms with Crippen LogP contribution >= 0.6 is 0 Å². The van der Waals surface area contributed by atoms with Crippen LogP contribution in [-0.4, -0.2) is 17.5 Å². The van der Waals surface area contributed by atoms with Crippen molar-refractivity contribution < 1.29 is 4.79 Å². The Morgan fingerprint density at radius 2 is 1.94 bits per heavy atom. The Hall–Kier alpha value is -0.570. The van der Waals surface area contributed by atoms with E-state index in [9.17, 15) is 4.79 Å². The van der Waals surface area contributed by atoms with Crippen molar-refractivity contribution in [3.8, 4) is 0 Å². The van der Waals surface area contributed by atoms with E-state index in [0.29, 0.717) is 12.3 Å². The fourth-order valence-corrected chi connectivity index (χ4v) is 3.40. The van der Waals surface area contributed by atoms with Crippen LogP contribution in [0.3, 0.4) is 0 Å². The van der Waals surface area contributed by atoms with Gasteiger partial charge in [-0.25, -0.2) is 0 Å². The molecule has 3 nitrogen and oxygen atoms in total. The molecule has 98 valence electrons. The number of carbonyl (C=O) groups excluding carboxylic acids is 1. The molecule has 3 heteroatoms. The zero-order valence-electron chi connectivity index (χ0n) is 11.0. The summed E-state index contributed by atoms with van der Waals surface area (Å²) < 4.78 is 0. The Labute approximate surface area is 105 Å². The van der Waals surface area contributed by atoms with Gasteiger partial charge in [-0.3, -0.25) is 4.79 Å². The quantitative estimate of drug-likeness (QED) is 0.793. The normalized spacial score (nSPS) is 32.4. The summed E-state index contributed by atoms with van der Waals surface area (Å²) in [6.07, 6.45) is 10.1. The minimum atomic E-state index is 0.0536. The molecule has 0 radical (unpaired) electrons. The Morgan fingerprint density at radius 1 is 1.24 bits per heavy atom. The molecule has 2 aliphatic carbocycles. The lowest BCUT2D eigenvalue weighted by Gasteiger charge is -2.35. The van der Waals surface area contributed by atoms with Gasteiger partial charge in [0.05, 0.1) is 0 Å². The highest BCUT2D eigenvalue weighted by atomic mass is 16.1. The molecule has 0 bridgehead atoms. The Kier molecular flexibility index (Phi) is 4.08. The van der Waals surface area contributed by atoms with Crippen LogP contribution in [0.2, 0.25) is 0 Å². The van der Waals surface area contributed by atoms with Crippen molar-refractivity contribution in [1.82, 2.24) is 5.32 Å². The maximum absolute atomic E-state index is 12.1. The van der Waals surface area contributed by atoms with Crippen LogP contribution in [0.5, 0.6) is 0 Å². The molecule has 0 unspecified atom stereocenters. The summed E-state index contributed by atoms with van der Waals surface area (Å²) in [6.45, 7) is 2.19. The van der Waals surface area contributed by atoms with E-state index in [2.05, 4.69) is 12.2 Å². The van der Waals surface area contributed by atoms with Gasteiger partial charge in [0.25, 0.3) is 0 Å². The lowest BCUT2D eigenvalue weighted by Crippen LogP contribution is -2.48. The van der Waals surface area contributed by atoms with E-state index in [4.69, 9.17) is 5.73 Å². The lowest BCUT2D eigenvalue weighted by atomic mass is 9.83. The van der Waals surface area contributed by atoms with E-state index in [1.54, 1.807) is 0 Å². The summed E-state index contributed by atoms with van der Waals surface area (Å²) >= 11 is 0. The van der Waals surface area contributed by atoms with Gasteiger partial charge in [-0.05, 0) is 38.5 Å². The molecule has 2 aliphatic rings. The molecular formula is C14H26N2O. The highest BCUT2D eigenvalue weighted by Crippen LogP contribution is 2.30. The van der Waals surface area contributed by atoms with Crippen molar-refractivity contribution in [3.63, 3.8) is 0 Å². The largest absolute Gasteiger partial charge is 0.351 e. The summed E-state index contributed by atoms with van der Waals surface area (Å²) in [4.78, 5) is 12.1. The van der Waals surface area contributed by atoms with Crippen LogP contribution < -0.4 is 11.1 Å². The summed E-state index contributed by atoms with van der Waals surface area (Å²) in [6, 6.07) is 0.250. The van der Waals surface area contributed by atoms with Crippen molar-refractivity contribution in [2.75, 3.05) is 0 Å². The van der Waals surface area contributed by atoms with E-state index >= 15 is 0 Å². The third-order valence-electron chi connectivity index (χ3n) is 4.56. The Balaban J connectivity index is 1.80. The first-order valence-corrected chi connectivity index (χ1v) is 7.16. The Bertz CT molecular complexity index is 271. The van der Waals surface area contributed by atoms with Crippen molar-refractivity contribution in [2.45, 2.75) is 76.3 Å². The van der Waals surface area contributed by atoms with Crippen molar-refractivity contribution in [3.05, 3.63) is 0 Å². The third kappa shape index (κ3) is 3.44. The van der Waals surface area contributed by atoms with Gasteiger partial charge in [0.1, 0.15) is 0 Å². The fourth-order valence-electron chi connectivity index (χ4n) is 3.40. The molecule has 0 aromatic heterocycles. The molecule has 0 heterocycles. The smallest absolute Gasteiger partial charge is 0.220 e. The number of nitrogens with two attached hydrogens (primary N) is 1. The number of rotatable bonds is 3. The molecule has 0 saturated heterocycles. The first-order valence-electron chi connectivity index (χ1n) is 7.16. The van der Waals surface area contributed by atoms with Gasteiger partial charge in [0.15, 0.2) is 0 Å². The highest BCUT2D eigenvalue weighted by molar-refractivity contribution is 5.77. The van der Waals surface area contributed by atoms with Gasteiger partial charge in [0.2, 0.25) is 5.91 Å². The van der Waals surface area contributed by atoms with Crippen molar-refractivity contribution >= 4 is 5.91 Å². The summed E-state index contributed by atoms with van der Waals surface area (Å²) in [5.41, 5.74) is 6.07. The zero-order chi connectivity index (χ0) is 12.3. The molecule has 2 rings (SSSR count). The number of hydrogen-bond donors (Lipinski definition) is 2. The summed E-state index contributed by atoms with van der Waals surface area (Å²) in [5, 5.41) is 3.25. The average molecular weight is 238 g/mol. The molecule has 2 atom stereocenters. The second-order valence-electron chi connectivity index (χ2n) is 6.23. The van der Waals surface area contributed by atoms with Crippen LogP contribution in [0.25, 0.3) is 0 Å². The maximum atomic E-state index is 12.1. The van der Waals surface area contributed by atoms with E-state index < -0.39 is 0 Å². The first-order chi connectivity index (χ1) is 8.09. The molecular weight excluding hydrogens is 212 g/mol. The molecule has 2 fully saturated rings. The van der Waals surface area contributed by atoms with E-state index in [0.717, 1.165) is 25.7 Å². The molecule has 2 saturated carbocycles. The number of amides is 1. The predicted molar refractivity (Wildman–Crippen MR) is 69.6 cm³/mol. The second kappa shape index (κ2) is 5.38. The molecule has 0 spiro atoms. The topological polar surface area (TPSA) is 55.1 Å². The van der Waals surface area contributed by atoms with Crippen LogP contribution in [0.1, 0.15) is 64.7 Å². The van der Waals surface area contributed by atoms with Crippen LogP contribution in [-0.2, 0) is 4.79 Å². The molecule has 0 aliphatic heterocycles. The zero-order valence-corrected chi connectivity index (χ0v) is 11.0. The predicted octanol–water partition coefficient (Wildman–Crippen LogP) is 2.34. The Morgan fingerprint density at radius 3 is 2.53 bits per heavy atom. The standard InChI is InChI=1S/C14H26N2O/c1-14(8-3-2-4-9-14)16-13(17)10-11-6-5-7-12(11)15/h11-12H,2-10,15H2,1H3,(H,16,17)/t11-,12+/m0/s1. The molecule has 17 heavy (non-hydrogen) atoms. The van der Waals surface area contributed by atoms with Gasteiger partial charge < -0.3 is 11.1 Å². The van der Waals surface area contributed by atoms with Crippen LogP contribution in [0.15, 0.2) is 0 Å². The second-order valence-corrected chi connectivity index (χ2v) is 6.23. The van der Waals surface area contributed by atoms with Gasteiger partial charge in [-0.1, -0.05) is 25.7 Å². The van der Waals surface area contributed by atoms with E-state index in [-0.39, 0.29) is 17.5 Å². The average Bonchev–Trinajstić information content (AvgIpc) is 2.64. The molecule has 0 aromatic carbocycles. The van der Waals surface area contributed by atoms with Crippen molar-refractivity contribution in [1.29, 1.82) is 0 Å². The number of carbonyl (C=O) groups is 1. The minimum Gasteiger partial charge on any atom is -0.351 e. The van der Waals surface area contributed by atoms with Crippen molar-refractivity contribution in [2.24, 2.45) is 11.7 Å². The van der Waals surface area contributed by atoms with Gasteiger partial charge in [-0.15, -0.1) is 0 Å². The lowest BCUT2D eigenvalue weighted by molar-refractivity contribution is -0.124. The van der Waals surface area contributed by atoms with E-state index in [1.807, 2.05) is 0 Å². The van der Waals surface area contributed by atoms with Gasteiger partial charge >= 0.3 is 0 Å². The monoisotopic (exact) mass is 238 g/mol. The molecule has 1 amide bonds. The summed E-state index contributed by atoms with van der Waals surface area (Å²) in [7, 11) is 0. The third-order valence-corrected chi connectivity index (χ3v) is 4.56. The summed E-state index contributed by atoms with van der Waals surface area (Å²) in [5.74, 6) is 0.638. The SMILES string of the molecule is CC1(NC(=O)C[C@@H]2CCC[C@H]2N)CCCCC1. The van der Waals surface area contributed by atoms with Crippen LogP contribution in [0.4, 0.5) is 0 Å².